The van der Waals surface area contributed by atoms with Crippen molar-refractivity contribution in [3.8, 4) is 0 Å². The van der Waals surface area contributed by atoms with Crippen LogP contribution in [-0.2, 0) is 71.1 Å². The van der Waals surface area contributed by atoms with E-state index in [2.05, 4.69) is 40.7 Å². The molecule has 4 saturated carbocycles. The van der Waals surface area contributed by atoms with Crippen LogP contribution in [-0.4, -0.2) is 368 Å². The SMILES string of the molecule is C[C@@H]1O[C@@H](O[C@@H]2[C@@H](O)[C@H](O[C@@H]3[C@@H](O)[C@@H](O)[C@H](O[C@H]4[C@H](OC(=O)[C@]56CCC(C)(C)CC5C5=CCC7[C@@]8(C)C[C@H](O)[C@H](O[C@@H]9O[C@H](CO)[C@@H](O)[C@H](O[C@@H]%10OC[C@@H](O)[C@H](O)[C@H]%10O)[C@H]9O)[C@@](C)(CO)C8CC[C@@]7(C)[C@]5(C)C[C@H]6O)OC[C@H](O)[C@@H]4O)O[C@H]3C)OC[C@H]2O)[C@H](O[C@@H]2O[C@H](CO)[C@H](O)[C@H](O)[C@H]2O)[C@H](O)[C@H]1O. The highest BCUT2D eigenvalue weighted by atomic mass is 16.8. The monoisotopic (exact) mass is 1520 g/mol. The summed E-state index contributed by atoms with van der Waals surface area (Å²) in [5.41, 5.74) is -4.57. The van der Waals surface area contributed by atoms with Crippen LogP contribution in [0.5, 0.6) is 0 Å². The van der Waals surface area contributed by atoms with Gasteiger partial charge in [-0.05, 0) is 105 Å². The Morgan fingerprint density at radius 3 is 1.61 bits per heavy atom. The van der Waals surface area contributed by atoms with E-state index in [1.165, 1.54) is 13.8 Å². The molecule has 0 bridgehead atoms. The highest BCUT2D eigenvalue weighted by molar-refractivity contribution is 5.80. The number of carbonyl (C=O) groups excluding carboxylic acids is 1. The lowest BCUT2D eigenvalue weighted by atomic mass is 9.33. The first-order chi connectivity index (χ1) is 49.3. The molecule has 105 heavy (non-hydrogen) atoms. The molecule has 0 amide bonds. The standard InChI is InChI=1S/C69H112O36/c1-24-37(78)43(84)54(103-59-46(87)42(83)40(81)32(18-70)97-59)62(95-24)100-51-31(76)22-93-57(48(51)89)99-50-25(2)96-58(47(88)44(50)85)102-53-39(80)30(75)21-94-61(53)105-63(91)69-14-13-64(3,4)15-27(69)26-9-10-35-65(5)16-28(73)55(66(6,23-72)34(65)11-12-67(35,7)68(26,8)17-36(69)77)104-60-49(90)52(41(82)33(19-71)98-60)101-56-45(86)38(79)29(74)20-92-56/h9,24-25,27-62,70-90H,10-23H2,1-8H3/t24-,25-,27?,28-,29+,30-,31+,32+,33+,34?,35?,36+,37-,38-,39-,40-,41+,42-,43+,44-,45+,46+,47+,48+,49+,50-,51-,52-,53+,54+,55-,56-,57-,58-,59-,60-,61-,62-,65-,66-,67+,68+,69+/m0/s1. The van der Waals surface area contributed by atoms with Gasteiger partial charge in [-0.1, -0.05) is 53.2 Å². The van der Waals surface area contributed by atoms with Crippen LogP contribution in [0.2, 0.25) is 0 Å². The molecule has 7 aliphatic heterocycles. The molecule has 11 fully saturated rings. The maximum absolute atomic E-state index is 15.6. The molecule has 43 atom stereocenters. The Kier molecular flexibility index (Phi) is 24.3. The van der Waals surface area contributed by atoms with Crippen molar-refractivity contribution in [2.45, 2.75) is 322 Å². The lowest BCUT2D eigenvalue weighted by Gasteiger charge is -2.72. The molecule has 0 aromatic rings. The Labute approximate surface area is 605 Å². The van der Waals surface area contributed by atoms with Crippen molar-refractivity contribution in [3.63, 3.8) is 0 Å². The highest BCUT2D eigenvalue weighted by Crippen LogP contribution is 2.76. The Hall–Kier alpha value is -2.15. The zero-order chi connectivity index (χ0) is 76.6. The van der Waals surface area contributed by atoms with Crippen molar-refractivity contribution >= 4 is 5.97 Å². The Bertz CT molecular complexity index is 2990. The quantitative estimate of drug-likeness (QED) is 0.0365. The average Bonchev–Trinajstić information content (AvgIpc) is 0.669. The maximum atomic E-state index is 15.6. The summed E-state index contributed by atoms with van der Waals surface area (Å²) in [4.78, 5) is 15.6. The Morgan fingerprint density at radius 2 is 0.962 bits per heavy atom. The average molecular weight is 1520 g/mol. The number of carbonyl (C=O) groups is 1. The summed E-state index contributed by atoms with van der Waals surface area (Å²) >= 11 is 0. The zero-order valence-corrected chi connectivity index (χ0v) is 59.9. The van der Waals surface area contributed by atoms with Crippen LogP contribution in [0.1, 0.15) is 107 Å². The van der Waals surface area contributed by atoms with E-state index < -0.39 is 294 Å². The molecule has 7 heterocycles. The van der Waals surface area contributed by atoms with E-state index >= 15 is 4.79 Å². The topological polar surface area (TPSA) is 571 Å². The Morgan fingerprint density at radius 1 is 0.448 bits per heavy atom. The first kappa shape index (κ1) is 82.3. The molecule has 12 aliphatic rings. The Balaban J connectivity index is 0.730. The van der Waals surface area contributed by atoms with Crippen LogP contribution >= 0.6 is 0 Å². The molecule has 0 aromatic heterocycles. The van der Waals surface area contributed by atoms with Crippen molar-refractivity contribution in [2.24, 2.45) is 50.2 Å². The fourth-order valence-electron chi connectivity index (χ4n) is 20.3. The van der Waals surface area contributed by atoms with E-state index in [-0.39, 0.29) is 36.5 Å². The third-order valence-electron chi connectivity index (χ3n) is 26.6. The number of hydrogen-bond donors (Lipinski definition) is 21. The largest absolute Gasteiger partial charge is 0.432 e. The zero-order valence-electron chi connectivity index (χ0n) is 59.9. The lowest BCUT2D eigenvalue weighted by Crippen LogP contribution is -2.71. The molecule has 0 aromatic carbocycles. The minimum atomic E-state index is -2.07. The number of aliphatic hydroxyl groups excluding tert-OH is 21. The molecule has 36 heteroatoms. The van der Waals surface area contributed by atoms with E-state index in [0.29, 0.717) is 32.1 Å². The number of hydrogen-bond acceptors (Lipinski definition) is 36. The van der Waals surface area contributed by atoms with Crippen molar-refractivity contribution in [1.82, 2.24) is 0 Å². The first-order valence-corrected chi connectivity index (χ1v) is 36.7. The van der Waals surface area contributed by atoms with Gasteiger partial charge in [0.15, 0.2) is 43.8 Å². The lowest BCUT2D eigenvalue weighted by molar-refractivity contribution is -0.390. The van der Waals surface area contributed by atoms with Gasteiger partial charge in [0.25, 0.3) is 0 Å². The molecule has 604 valence electrons. The van der Waals surface area contributed by atoms with Crippen LogP contribution in [0.4, 0.5) is 0 Å². The predicted molar refractivity (Wildman–Crippen MR) is 344 cm³/mol. The number of allylic oxidation sites excluding steroid dienone is 2. The van der Waals surface area contributed by atoms with Crippen LogP contribution in [0.3, 0.4) is 0 Å². The molecule has 12 rings (SSSR count). The van der Waals surface area contributed by atoms with Crippen molar-refractivity contribution in [2.75, 3.05) is 39.6 Å². The number of ether oxygens (including phenoxy) is 14. The van der Waals surface area contributed by atoms with E-state index in [9.17, 15) is 107 Å². The van der Waals surface area contributed by atoms with E-state index in [4.69, 9.17) is 66.3 Å². The summed E-state index contributed by atoms with van der Waals surface area (Å²) in [6, 6.07) is 0. The second-order valence-electron chi connectivity index (χ2n) is 33.4. The van der Waals surface area contributed by atoms with Gasteiger partial charge in [-0.3, -0.25) is 4.79 Å². The van der Waals surface area contributed by atoms with E-state index in [1.807, 2.05) is 0 Å². The van der Waals surface area contributed by atoms with E-state index in [0.717, 1.165) is 5.57 Å². The summed E-state index contributed by atoms with van der Waals surface area (Å²) < 4.78 is 82.8. The first-order valence-electron chi connectivity index (χ1n) is 36.7. The van der Waals surface area contributed by atoms with Gasteiger partial charge in [-0.25, -0.2) is 0 Å². The molecule has 0 spiro atoms. The highest BCUT2D eigenvalue weighted by Gasteiger charge is 2.74. The van der Waals surface area contributed by atoms with Crippen LogP contribution in [0, 0.1) is 50.2 Å². The normalized spacial score (nSPS) is 55.9. The second-order valence-corrected chi connectivity index (χ2v) is 33.4. The van der Waals surface area contributed by atoms with Gasteiger partial charge in [0.2, 0.25) is 6.29 Å². The van der Waals surface area contributed by atoms with Crippen LogP contribution in [0.15, 0.2) is 11.6 Å². The summed E-state index contributed by atoms with van der Waals surface area (Å²) in [6.45, 7) is 11.3. The van der Waals surface area contributed by atoms with Gasteiger partial charge >= 0.3 is 5.97 Å². The minimum absolute atomic E-state index is 0.0586. The third-order valence-corrected chi connectivity index (χ3v) is 26.6. The summed E-state index contributed by atoms with van der Waals surface area (Å²) in [5.74, 6) is -2.16. The molecule has 5 aliphatic carbocycles. The van der Waals surface area contributed by atoms with Crippen LogP contribution < -0.4 is 0 Å². The molecular formula is C69H112O36. The van der Waals surface area contributed by atoms with Gasteiger partial charge in [-0.15, -0.1) is 0 Å². The number of fused-ring (bicyclic) bond motifs is 7. The smallest absolute Gasteiger partial charge is 0.317 e. The minimum Gasteiger partial charge on any atom is -0.432 e. The van der Waals surface area contributed by atoms with Gasteiger partial charge < -0.3 is 174 Å². The molecule has 36 nitrogen and oxygen atoms in total. The van der Waals surface area contributed by atoms with Crippen molar-refractivity contribution in [1.29, 1.82) is 0 Å². The molecule has 21 N–H and O–H groups in total. The van der Waals surface area contributed by atoms with Crippen molar-refractivity contribution in [3.05, 3.63) is 11.6 Å². The summed E-state index contributed by atoms with van der Waals surface area (Å²) in [7, 11) is 0. The number of rotatable bonds is 17. The molecule has 7 saturated heterocycles. The fourth-order valence-corrected chi connectivity index (χ4v) is 20.3. The maximum Gasteiger partial charge on any atom is 0.317 e. The summed E-state index contributed by atoms with van der Waals surface area (Å²) in [5, 5.41) is 234. The van der Waals surface area contributed by atoms with Gasteiger partial charge in [-0.2, -0.15) is 0 Å². The second kappa shape index (κ2) is 31.0. The third kappa shape index (κ3) is 14.2. The van der Waals surface area contributed by atoms with Crippen molar-refractivity contribution < 1.29 is 178 Å². The van der Waals surface area contributed by atoms with Gasteiger partial charge in [0.05, 0.1) is 70.2 Å². The molecule has 0 radical (unpaired) electrons. The van der Waals surface area contributed by atoms with Crippen LogP contribution in [0.25, 0.3) is 0 Å². The molecular weight excluding hydrogens is 1400 g/mol. The number of aliphatic hydroxyl groups is 21. The predicted octanol–water partition coefficient (Wildman–Crippen LogP) is -7.68. The summed E-state index contributed by atoms with van der Waals surface area (Å²) in [6.07, 6.45) is -54.6. The van der Waals surface area contributed by atoms with E-state index in [1.54, 1.807) is 6.92 Å². The number of esters is 1. The molecule has 3 unspecified atom stereocenters. The van der Waals surface area contributed by atoms with Gasteiger partial charge in [0, 0.05) is 5.41 Å². The fraction of sp³-hybridized carbons (Fsp3) is 0.957. The van der Waals surface area contributed by atoms with Gasteiger partial charge in [0.1, 0.15) is 140 Å².